The molecule has 2 heterocycles. The van der Waals surface area contributed by atoms with E-state index in [1.165, 1.54) is 5.56 Å². The van der Waals surface area contributed by atoms with E-state index in [0.717, 1.165) is 36.4 Å². The first-order valence-corrected chi connectivity index (χ1v) is 8.35. The first-order chi connectivity index (χ1) is 11.7. The summed E-state index contributed by atoms with van der Waals surface area (Å²) in [5, 5.41) is 13.5. The molecule has 25 heavy (non-hydrogen) atoms. The highest BCUT2D eigenvalue weighted by atomic mass is 35.5. The smallest absolute Gasteiger partial charge is 0.272 e. The Bertz CT molecular complexity index is 700. The summed E-state index contributed by atoms with van der Waals surface area (Å²) < 4.78 is 5.17. The van der Waals surface area contributed by atoms with Crippen LogP contribution < -0.4 is 15.4 Å². The molecule has 2 aromatic rings. The van der Waals surface area contributed by atoms with Crippen LogP contribution in [0.2, 0.25) is 0 Å². The number of halogens is 1. The Morgan fingerprint density at radius 3 is 2.84 bits per heavy atom. The maximum Gasteiger partial charge on any atom is 0.272 e. The molecule has 1 aromatic carbocycles. The number of methoxy groups -OCH3 is 1. The number of amides is 1. The van der Waals surface area contributed by atoms with Gasteiger partial charge in [-0.3, -0.25) is 9.89 Å². The molecule has 0 saturated heterocycles. The van der Waals surface area contributed by atoms with Gasteiger partial charge in [0.05, 0.1) is 7.11 Å². The third-order valence-electron chi connectivity index (χ3n) is 4.38. The number of aromatic nitrogens is 2. The summed E-state index contributed by atoms with van der Waals surface area (Å²) in [6, 6.07) is 8.05. The largest absolute Gasteiger partial charge is 0.497 e. The number of carbonyl (C=O) groups is 1. The van der Waals surface area contributed by atoms with Gasteiger partial charge in [-0.15, -0.1) is 12.4 Å². The van der Waals surface area contributed by atoms with Crippen molar-refractivity contribution in [2.24, 2.45) is 5.92 Å². The maximum absolute atomic E-state index is 12.4. The minimum Gasteiger partial charge on any atom is -0.497 e. The fourth-order valence-electron chi connectivity index (χ4n) is 3.00. The molecule has 1 amide bonds. The summed E-state index contributed by atoms with van der Waals surface area (Å²) in [5.74, 6) is 1.10. The van der Waals surface area contributed by atoms with Crippen molar-refractivity contribution < 1.29 is 9.53 Å². The molecule has 136 valence electrons. The van der Waals surface area contributed by atoms with E-state index in [1.807, 2.05) is 12.1 Å². The molecule has 3 N–H and O–H groups in total. The van der Waals surface area contributed by atoms with E-state index >= 15 is 0 Å². The van der Waals surface area contributed by atoms with E-state index in [2.05, 4.69) is 39.9 Å². The van der Waals surface area contributed by atoms with E-state index in [9.17, 15) is 4.79 Å². The Kier molecular flexibility index (Phi) is 6.84. The molecule has 1 atom stereocenters. The van der Waals surface area contributed by atoms with Crippen LogP contribution in [0.4, 0.5) is 0 Å². The van der Waals surface area contributed by atoms with Crippen molar-refractivity contribution >= 4 is 18.3 Å². The topological polar surface area (TPSA) is 79.0 Å². The Balaban J connectivity index is 0.00000225. The van der Waals surface area contributed by atoms with E-state index in [1.54, 1.807) is 7.11 Å². The highest BCUT2D eigenvalue weighted by Crippen LogP contribution is 2.16. The molecule has 1 unspecified atom stereocenters. The average molecular weight is 365 g/mol. The number of aromatic amines is 1. The van der Waals surface area contributed by atoms with Gasteiger partial charge in [-0.2, -0.15) is 5.10 Å². The predicted octanol–water partition coefficient (Wildman–Crippen LogP) is 2.09. The van der Waals surface area contributed by atoms with Gasteiger partial charge in [-0.25, -0.2) is 0 Å². The van der Waals surface area contributed by atoms with Gasteiger partial charge in [0.15, 0.2) is 5.69 Å². The summed E-state index contributed by atoms with van der Waals surface area (Å²) >= 11 is 0. The number of ether oxygens (including phenoxy) is 1. The summed E-state index contributed by atoms with van der Waals surface area (Å²) in [5.41, 5.74) is 3.83. The summed E-state index contributed by atoms with van der Waals surface area (Å²) in [7, 11) is 1.66. The molecule has 3 rings (SSSR count). The minimum atomic E-state index is -0.0993. The number of benzene rings is 1. The number of nitrogens with one attached hydrogen (secondary N) is 3. The fraction of sp³-hybridized carbons (Fsp3) is 0.444. The number of nitrogens with zero attached hydrogens (tertiary/aromatic N) is 1. The van der Waals surface area contributed by atoms with Crippen LogP contribution in [0.25, 0.3) is 0 Å². The van der Waals surface area contributed by atoms with Gasteiger partial charge in [0.2, 0.25) is 0 Å². The van der Waals surface area contributed by atoms with E-state index in [-0.39, 0.29) is 18.3 Å². The third-order valence-corrected chi connectivity index (χ3v) is 4.38. The Morgan fingerprint density at radius 2 is 2.12 bits per heavy atom. The van der Waals surface area contributed by atoms with Gasteiger partial charge in [0.25, 0.3) is 5.91 Å². The second-order valence-electron chi connectivity index (χ2n) is 6.32. The van der Waals surface area contributed by atoms with E-state index < -0.39 is 0 Å². The normalized spacial score (nSPS) is 14.2. The number of carbonyl (C=O) groups excluding carboxylic acids is 1. The number of hydrogen-bond acceptors (Lipinski definition) is 4. The first-order valence-electron chi connectivity index (χ1n) is 8.35. The SMILES string of the molecule is COc1ccc(CC(C)CNC(=O)c2n[nH]c3c2CNCC3)cc1.Cl. The van der Waals surface area contributed by atoms with Crippen LogP contribution in [0.1, 0.15) is 34.2 Å². The van der Waals surface area contributed by atoms with Gasteiger partial charge >= 0.3 is 0 Å². The van der Waals surface area contributed by atoms with Crippen LogP contribution in [0, 0.1) is 5.92 Å². The number of H-pyrrole nitrogens is 1. The van der Waals surface area contributed by atoms with Crippen molar-refractivity contribution in [3.05, 3.63) is 46.8 Å². The van der Waals surface area contributed by atoms with Crippen molar-refractivity contribution in [3.8, 4) is 5.75 Å². The quantitative estimate of drug-likeness (QED) is 0.733. The minimum absolute atomic E-state index is 0. The molecule has 0 fully saturated rings. The molecule has 1 aromatic heterocycles. The second-order valence-corrected chi connectivity index (χ2v) is 6.32. The van der Waals surface area contributed by atoms with Crippen LogP contribution in [-0.2, 0) is 19.4 Å². The lowest BCUT2D eigenvalue weighted by Crippen LogP contribution is -2.31. The van der Waals surface area contributed by atoms with Crippen LogP contribution >= 0.6 is 12.4 Å². The highest BCUT2D eigenvalue weighted by molar-refractivity contribution is 5.94. The van der Waals surface area contributed by atoms with Gasteiger partial charge in [0, 0.05) is 37.3 Å². The Hall–Kier alpha value is -2.05. The second kappa shape index (κ2) is 8.87. The highest BCUT2D eigenvalue weighted by Gasteiger charge is 2.21. The zero-order valence-corrected chi connectivity index (χ0v) is 15.4. The van der Waals surface area contributed by atoms with Crippen LogP contribution in [-0.4, -0.2) is 36.3 Å². The molecule has 7 heteroatoms. The fourth-order valence-corrected chi connectivity index (χ4v) is 3.00. The molecular weight excluding hydrogens is 340 g/mol. The molecular formula is C18H25ClN4O2. The number of fused-ring (bicyclic) bond motifs is 1. The van der Waals surface area contributed by atoms with Crippen molar-refractivity contribution in [3.63, 3.8) is 0 Å². The number of hydrogen-bond donors (Lipinski definition) is 3. The molecule has 0 saturated carbocycles. The zero-order chi connectivity index (χ0) is 16.9. The van der Waals surface area contributed by atoms with Crippen LogP contribution in [0.15, 0.2) is 24.3 Å². The van der Waals surface area contributed by atoms with Gasteiger partial charge in [-0.1, -0.05) is 19.1 Å². The Morgan fingerprint density at radius 1 is 1.36 bits per heavy atom. The van der Waals surface area contributed by atoms with Gasteiger partial charge < -0.3 is 15.4 Å². The van der Waals surface area contributed by atoms with Crippen LogP contribution in [0.5, 0.6) is 5.75 Å². The van der Waals surface area contributed by atoms with Gasteiger partial charge in [-0.05, 0) is 30.0 Å². The summed E-state index contributed by atoms with van der Waals surface area (Å²) in [4.78, 5) is 12.4. The summed E-state index contributed by atoms with van der Waals surface area (Å²) in [6.07, 6.45) is 1.80. The standard InChI is InChI=1S/C18H24N4O2.ClH/c1-12(9-13-3-5-14(24-2)6-4-13)10-20-18(23)17-15-11-19-8-7-16(15)21-22-17;/h3-6,12,19H,7-11H2,1-2H3,(H,20,23)(H,21,22);1H. The van der Waals surface area contributed by atoms with Crippen molar-refractivity contribution in [1.82, 2.24) is 20.8 Å². The van der Waals surface area contributed by atoms with E-state index in [4.69, 9.17) is 4.74 Å². The zero-order valence-electron chi connectivity index (χ0n) is 14.6. The lowest BCUT2D eigenvalue weighted by molar-refractivity contribution is 0.0942. The first kappa shape index (κ1) is 19.3. The van der Waals surface area contributed by atoms with E-state index in [0.29, 0.717) is 24.7 Å². The third kappa shape index (κ3) is 4.74. The average Bonchev–Trinajstić information content (AvgIpc) is 3.04. The van der Waals surface area contributed by atoms with Crippen molar-refractivity contribution in [2.75, 3.05) is 20.2 Å². The predicted molar refractivity (Wildman–Crippen MR) is 99.4 cm³/mol. The molecule has 0 aliphatic carbocycles. The Labute approximate surface area is 154 Å². The monoisotopic (exact) mass is 364 g/mol. The lowest BCUT2D eigenvalue weighted by atomic mass is 10.0. The lowest BCUT2D eigenvalue weighted by Gasteiger charge is -2.15. The molecule has 1 aliphatic rings. The van der Waals surface area contributed by atoms with Crippen molar-refractivity contribution in [2.45, 2.75) is 26.3 Å². The van der Waals surface area contributed by atoms with Crippen molar-refractivity contribution in [1.29, 1.82) is 0 Å². The summed E-state index contributed by atoms with van der Waals surface area (Å²) in [6.45, 7) is 4.39. The van der Waals surface area contributed by atoms with Gasteiger partial charge in [0.1, 0.15) is 5.75 Å². The molecule has 6 nitrogen and oxygen atoms in total. The molecule has 0 radical (unpaired) electrons. The molecule has 0 spiro atoms. The molecule has 1 aliphatic heterocycles. The van der Waals surface area contributed by atoms with Crippen LogP contribution in [0.3, 0.4) is 0 Å². The molecule has 0 bridgehead atoms. The maximum atomic E-state index is 12.4. The number of rotatable bonds is 6.